The van der Waals surface area contributed by atoms with E-state index < -0.39 is 12.3 Å². The molecule has 0 saturated heterocycles. The number of benzene rings is 3. The number of ether oxygens (including phenoxy) is 1. The molecule has 0 saturated carbocycles. The number of fused-ring (bicyclic) bond motifs is 1. The van der Waals surface area contributed by atoms with E-state index in [0.717, 1.165) is 16.5 Å². The summed E-state index contributed by atoms with van der Waals surface area (Å²) in [7, 11) is 0. The van der Waals surface area contributed by atoms with E-state index in [2.05, 4.69) is 5.32 Å². The maximum absolute atomic E-state index is 12.2. The Morgan fingerprint density at radius 3 is 2.22 bits per heavy atom. The molecule has 0 aliphatic carbocycles. The van der Waals surface area contributed by atoms with Crippen molar-refractivity contribution in [3.63, 3.8) is 0 Å². The number of esters is 1. The standard InChI is InChI=1S/C18H17N3O2/c19-18(20)21-15-10-11-16(14-9-5-4-8-13(14)15)23-17(22)12-6-2-1-3-7-12/h1-11,18,21H,19-20H2. The van der Waals surface area contributed by atoms with Gasteiger partial charge in [-0.3, -0.25) is 11.5 Å². The number of nitrogens with two attached hydrogens (primary N) is 2. The van der Waals surface area contributed by atoms with Crippen molar-refractivity contribution in [1.29, 1.82) is 0 Å². The van der Waals surface area contributed by atoms with Gasteiger partial charge in [-0.1, -0.05) is 42.5 Å². The van der Waals surface area contributed by atoms with Crippen molar-refractivity contribution in [2.75, 3.05) is 5.32 Å². The lowest BCUT2D eigenvalue weighted by Gasteiger charge is -2.15. The second kappa shape index (κ2) is 6.48. The molecule has 0 bridgehead atoms. The topological polar surface area (TPSA) is 90.4 Å². The molecule has 0 aliphatic rings. The van der Waals surface area contributed by atoms with Crippen LogP contribution >= 0.6 is 0 Å². The van der Waals surface area contributed by atoms with Gasteiger partial charge in [0.25, 0.3) is 0 Å². The summed E-state index contributed by atoms with van der Waals surface area (Å²) in [5.41, 5.74) is 12.5. The van der Waals surface area contributed by atoms with E-state index in [1.165, 1.54) is 0 Å². The van der Waals surface area contributed by atoms with E-state index >= 15 is 0 Å². The van der Waals surface area contributed by atoms with Crippen LogP contribution < -0.4 is 21.5 Å². The predicted octanol–water partition coefficient (Wildman–Crippen LogP) is 2.67. The van der Waals surface area contributed by atoms with Crippen LogP contribution in [0.25, 0.3) is 10.8 Å². The lowest BCUT2D eigenvalue weighted by molar-refractivity contribution is 0.0737. The molecule has 23 heavy (non-hydrogen) atoms. The van der Waals surface area contributed by atoms with Crippen molar-refractivity contribution in [3.8, 4) is 5.75 Å². The molecule has 116 valence electrons. The summed E-state index contributed by atoms with van der Waals surface area (Å²) in [6, 6.07) is 20.0. The Morgan fingerprint density at radius 1 is 0.870 bits per heavy atom. The number of rotatable bonds is 4. The van der Waals surface area contributed by atoms with Gasteiger partial charge >= 0.3 is 5.97 Å². The number of carbonyl (C=O) groups excluding carboxylic acids is 1. The average Bonchev–Trinajstić information content (AvgIpc) is 2.57. The summed E-state index contributed by atoms with van der Waals surface area (Å²) >= 11 is 0. The Bertz CT molecular complexity index is 832. The normalized spacial score (nSPS) is 10.7. The first-order valence-corrected chi connectivity index (χ1v) is 7.22. The molecule has 0 amide bonds. The molecule has 3 aromatic rings. The third kappa shape index (κ3) is 3.31. The first-order chi connectivity index (χ1) is 11.1. The molecule has 3 aromatic carbocycles. The number of hydrogen-bond acceptors (Lipinski definition) is 5. The smallest absolute Gasteiger partial charge is 0.343 e. The van der Waals surface area contributed by atoms with Gasteiger partial charge < -0.3 is 10.1 Å². The zero-order chi connectivity index (χ0) is 16.2. The highest BCUT2D eigenvalue weighted by atomic mass is 16.5. The number of anilines is 1. The zero-order valence-corrected chi connectivity index (χ0v) is 12.4. The molecule has 0 aromatic heterocycles. The number of nitrogens with one attached hydrogen (secondary N) is 1. The highest BCUT2D eigenvalue weighted by molar-refractivity contribution is 6.00. The van der Waals surface area contributed by atoms with E-state index in [0.29, 0.717) is 11.3 Å². The third-order valence-electron chi connectivity index (χ3n) is 3.42. The Morgan fingerprint density at radius 2 is 1.52 bits per heavy atom. The highest BCUT2D eigenvalue weighted by Crippen LogP contribution is 2.32. The molecule has 0 radical (unpaired) electrons. The molecule has 0 unspecified atom stereocenters. The molecule has 5 nitrogen and oxygen atoms in total. The van der Waals surface area contributed by atoms with E-state index in [9.17, 15) is 4.79 Å². The van der Waals surface area contributed by atoms with Crippen LogP contribution in [0.5, 0.6) is 5.75 Å². The van der Waals surface area contributed by atoms with Crippen molar-refractivity contribution in [1.82, 2.24) is 0 Å². The van der Waals surface area contributed by atoms with Gasteiger partial charge in [0.1, 0.15) is 12.0 Å². The van der Waals surface area contributed by atoms with Crippen LogP contribution in [0.1, 0.15) is 10.4 Å². The fraction of sp³-hybridized carbons (Fsp3) is 0.0556. The van der Waals surface area contributed by atoms with Gasteiger partial charge in [-0.2, -0.15) is 0 Å². The molecule has 3 rings (SSSR count). The summed E-state index contributed by atoms with van der Waals surface area (Å²) < 4.78 is 5.54. The fourth-order valence-electron chi connectivity index (χ4n) is 2.40. The molecule has 0 aliphatic heterocycles. The summed E-state index contributed by atoms with van der Waals surface area (Å²) in [4.78, 5) is 12.2. The first-order valence-electron chi connectivity index (χ1n) is 7.22. The maximum atomic E-state index is 12.2. The molecule has 5 N–H and O–H groups in total. The van der Waals surface area contributed by atoms with E-state index in [4.69, 9.17) is 16.2 Å². The van der Waals surface area contributed by atoms with Gasteiger partial charge in [0.05, 0.1) is 5.56 Å². The van der Waals surface area contributed by atoms with Crippen molar-refractivity contribution in [3.05, 3.63) is 72.3 Å². The van der Waals surface area contributed by atoms with Crippen LogP contribution in [0, 0.1) is 0 Å². The molecule has 5 heteroatoms. The van der Waals surface area contributed by atoms with Gasteiger partial charge in [-0.05, 0) is 24.3 Å². The van der Waals surface area contributed by atoms with Crippen molar-refractivity contribution >= 4 is 22.4 Å². The molecule has 0 fully saturated rings. The predicted molar refractivity (Wildman–Crippen MR) is 91.1 cm³/mol. The second-order valence-corrected chi connectivity index (χ2v) is 5.08. The average molecular weight is 307 g/mol. The summed E-state index contributed by atoms with van der Waals surface area (Å²) in [5.74, 6) is 0.0950. The van der Waals surface area contributed by atoms with Crippen LogP contribution in [-0.4, -0.2) is 12.3 Å². The summed E-state index contributed by atoms with van der Waals surface area (Å²) in [6.07, 6.45) is -0.670. The van der Waals surface area contributed by atoms with E-state index in [1.807, 2.05) is 30.3 Å². The number of hydrogen-bond donors (Lipinski definition) is 3. The Hall–Kier alpha value is -2.89. The SMILES string of the molecule is NC(N)Nc1ccc(OC(=O)c2ccccc2)c2ccccc12. The van der Waals surface area contributed by atoms with Crippen LogP contribution in [0.15, 0.2) is 66.7 Å². The monoisotopic (exact) mass is 307 g/mol. The van der Waals surface area contributed by atoms with Gasteiger partial charge in [0.15, 0.2) is 0 Å². The largest absolute Gasteiger partial charge is 0.422 e. The lowest BCUT2D eigenvalue weighted by Crippen LogP contribution is -2.38. The molecular formula is C18H17N3O2. The highest BCUT2D eigenvalue weighted by Gasteiger charge is 2.12. The summed E-state index contributed by atoms with van der Waals surface area (Å²) in [6.45, 7) is 0. The first kappa shape index (κ1) is 15.0. The van der Waals surface area contributed by atoms with Crippen LogP contribution in [0.2, 0.25) is 0 Å². The summed E-state index contributed by atoms with van der Waals surface area (Å²) in [5, 5.41) is 4.66. The molecule has 0 atom stereocenters. The third-order valence-corrected chi connectivity index (χ3v) is 3.42. The molecular weight excluding hydrogens is 290 g/mol. The van der Waals surface area contributed by atoms with Crippen molar-refractivity contribution in [2.24, 2.45) is 11.5 Å². The van der Waals surface area contributed by atoms with Crippen LogP contribution in [-0.2, 0) is 0 Å². The van der Waals surface area contributed by atoms with E-state index in [-0.39, 0.29) is 0 Å². The Labute approximate surface area is 133 Å². The fourth-order valence-corrected chi connectivity index (χ4v) is 2.40. The molecule has 0 spiro atoms. The van der Waals surface area contributed by atoms with Crippen molar-refractivity contribution < 1.29 is 9.53 Å². The van der Waals surface area contributed by atoms with Gasteiger partial charge in [0, 0.05) is 16.5 Å². The van der Waals surface area contributed by atoms with Crippen LogP contribution in [0.3, 0.4) is 0 Å². The van der Waals surface area contributed by atoms with Crippen LogP contribution in [0.4, 0.5) is 5.69 Å². The molecule has 0 heterocycles. The Balaban J connectivity index is 1.97. The lowest BCUT2D eigenvalue weighted by atomic mass is 10.1. The maximum Gasteiger partial charge on any atom is 0.343 e. The quantitative estimate of drug-likeness (QED) is 0.392. The van der Waals surface area contributed by atoms with E-state index in [1.54, 1.807) is 36.4 Å². The minimum absolute atomic E-state index is 0.396. The van der Waals surface area contributed by atoms with Gasteiger partial charge in [-0.15, -0.1) is 0 Å². The van der Waals surface area contributed by atoms with Gasteiger partial charge in [0.2, 0.25) is 0 Å². The minimum atomic E-state index is -0.670. The number of carbonyl (C=O) groups is 1. The second-order valence-electron chi connectivity index (χ2n) is 5.08. The zero-order valence-electron chi connectivity index (χ0n) is 12.4. The Kier molecular flexibility index (Phi) is 4.23. The van der Waals surface area contributed by atoms with Crippen molar-refractivity contribution in [2.45, 2.75) is 6.29 Å². The minimum Gasteiger partial charge on any atom is -0.422 e. The van der Waals surface area contributed by atoms with Gasteiger partial charge in [-0.25, -0.2) is 4.79 Å².